The Labute approximate surface area is 240 Å². The number of likely N-dealkylation sites (N-methyl/N-ethyl adjacent to an activating group) is 1. The minimum Gasteiger partial charge on any atom is -0.493 e. The van der Waals surface area contributed by atoms with Gasteiger partial charge in [-0.2, -0.15) is 8.42 Å². The first-order valence-electron chi connectivity index (χ1n) is 12.4. The molecule has 0 saturated heterocycles. The van der Waals surface area contributed by atoms with Gasteiger partial charge in [0.25, 0.3) is 10.1 Å². The van der Waals surface area contributed by atoms with E-state index in [0.717, 1.165) is 24.1 Å². The SMILES string of the molecule is CCC(COC(=O)c1cc(OC)c(OC)c(OC)c1)(c1ccccc1)N(C)C.O=C(O)c1cccc(S(=O)(=O)O)c1. The molecule has 11 nitrogen and oxygen atoms in total. The fourth-order valence-corrected chi connectivity index (χ4v) is 4.62. The zero-order valence-corrected chi connectivity index (χ0v) is 24.6. The maximum atomic E-state index is 12.8. The molecule has 2 N–H and O–H groups in total. The van der Waals surface area contributed by atoms with Crippen LogP contribution in [0.1, 0.15) is 39.6 Å². The standard InChI is InChI=1S/C22H29NO5.C7H6O5S/c1-7-22(23(2)3,17-11-9-8-10-12-17)15-28-21(24)16-13-18(25-4)20(27-6)19(14-16)26-5;8-7(9)5-2-1-3-6(4-5)13(10,11)12/h8-14H,7,15H2,1-6H3;1-4H,(H,8,9)(H,10,11,12). The first kappa shape index (κ1) is 33.1. The molecule has 222 valence electrons. The summed E-state index contributed by atoms with van der Waals surface area (Å²) in [6.45, 7) is 2.30. The van der Waals surface area contributed by atoms with Crippen molar-refractivity contribution >= 4 is 22.1 Å². The third-order valence-electron chi connectivity index (χ3n) is 6.47. The van der Waals surface area contributed by atoms with Gasteiger partial charge in [0.05, 0.1) is 42.9 Å². The van der Waals surface area contributed by atoms with Crippen molar-refractivity contribution < 1.29 is 46.6 Å². The number of carbonyl (C=O) groups is 2. The number of hydrogen-bond acceptors (Lipinski definition) is 9. The summed E-state index contributed by atoms with van der Waals surface area (Å²) in [7, 11) is 4.20. The van der Waals surface area contributed by atoms with E-state index in [0.29, 0.717) is 22.8 Å². The number of nitrogens with zero attached hydrogens (tertiary/aromatic N) is 1. The van der Waals surface area contributed by atoms with Gasteiger partial charge in [-0.05, 0) is 56.4 Å². The molecule has 1 unspecified atom stereocenters. The smallest absolute Gasteiger partial charge is 0.338 e. The average molecular weight is 590 g/mol. The molecule has 0 amide bonds. The van der Waals surface area contributed by atoms with Gasteiger partial charge in [0, 0.05) is 0 Å². The average Bonchev–Trinajstić information content (AvgIpc) is 2.97. The number of benzene rings is 3. The van der Waals surface area contributed by atoms with E-state index < -0.39 is 32.5 Å². The molecular weight excluding hydrogens is 554 g/mol. The molecule has 0 saturated carbocycles. The fraction of sp³-hybridized carbons (Fsp3) is 0.310. The van der Waals surface area contributed by atoms with Crippen molar-refractivity contribution in [2.24, 2.45) is 0 Å². The maximum absolute atomic E-state index is 12.8. The van der Waals surface area contributed by atoms with Gasteiger partial charge in [-0.25, -0.2) is 9.59 Å². The van der Waals surface area contributed by atoms with Crippen molar-refractivity contribution in [3.05, 3.63) is 83.4 Å². The molecule has 3 rings (SSSR count). The summed E-state index contributed by atoms with van der Waals surface area (Å²) in [6.07, 6.45) is 0.784. The summed E-state index contributed by atoms with van der Waals surface area (Å²) in [5.41, 5.74) is 0.832. The lowest BCUT2D eigenvalue weighted by Crippen LogP contribution is -2.45. The van der Waals surface area contributed by atoms with E-state index in [1.165, 1.54) is 33.5 Å². The van der Waals surface area contributed by atoms with E-state index in [-0.39, 0.29) is 12.2 Å². The van der Waals surface area contributed by atoms with Crippen LogP contribution in [0.5, 0.6) is 17.2 Å². The second-order valence-corrected chi connectivity index (χ2v) is 10.4. The molecular formula is C29H35NO10S. The predicted octanol–water partition coefficient (Wildman–Crippen LogP) is 4.37. The fourth-order valence-electron chi connectivity index (χ4n) is 4.10. The summed E-state index contributed by atoms with van der Waals surface area (Å²) >= 11 is 0. The van der Waals surface area contributed by atoms with Gasteiger partial charge in [0.1, 0.15) is 6.61 Å². The van der Waals surface area contributed by atoms with E-state index in [9.17, 15) is 18.0 Å². The third kappa shape index (κ3) is 8.19. The number of carboxylic acid groups (broad SMARTS) is 1. The molecule has 0 heterocycles. The molecule has 3 aromatic carbocycles. The zero-order chi connectivity index (χ0) is 30.8. The van der Waals surface area contributed by atoms with Crippen molar-refractivity contribution in [1.29, 1.82) is 0 Å². The Hall–Kier alpha value is -4.13. The van der Waals surface area contributed by atoms with Gasteiger partial charge in [-0.1, -0.05) is 43.3 Å². The molecule has 0 aromatic heterocycles. The lowest BCUT2D eigenvalue weighted by Gasteiger charge is -2.39. The van der Waals surface area contributed by atoms with Crippen LogP contribution in [0.4, 0.5) is 0 Å². The Bertz CT molecular complexity index is 1420. The summed E-state index contributed by atoms with van der Waals surface area (Å²) < 4.78 is 51.4. The van der Waals surface area contributed by atoms with Crippen LogP contribution in [-0.2, 0) is 20.4 Å². The van der Waals surface area contributed by atoms with Crippen LogP contribution < -0.4 is 14.2 Å². The number of ether oxygens (including phenoxy) is 4. The minimum absolute atomic E-state index is 0.185. The van der Waals surface area contributed by atoms with Gasteiger partial charge in [0.15, 0.2) is 11.5 Å². The highest BCUT2D eigenvalue weighted by Crippen LogP contribution is 2.38. The largest absolute Gasteiger partial charge is 0.493 e. The number of methoxy groups -OCH3 is 3. The molecule has 12 heteroatoms. The van der Waals surface area contributed by atoms with E-state index in [1.807, 2.05) is 32.3 Å². The van der Waals surface area contributed by atoms with Crippen LogP contribution in [0, 0.1) is 0 Å². The molecule has 0 fully saturated rings. The van der Waals surface area contributed by atoms with Crippen LogP contribution in [-0.4, -0.2) is 76.9 Å². The van der Waals surface area contributed by atoms with E-state index in [2.05, 4.69) is 24.0 Å². The highest BCUT2D eigenvalue weighted by molar-refractivity contribution is 7.85. The van der Waals surface area contributed by atoms with Crippen molar-refractivity contribution in [3.8, 4) is 17.2 Å². The first-order chi connectivity index (χ1) is 19.3. The summed E-state index contributed by atoms with van der Waals surface area (Å²) in [4.78, 5) is 24.9. The lowest BCUT2D eigenvalue weighted by molar-refractivity contribution is 0.0119. The van der Waals surface area contributed by atoms with E-state index >= 15 is 0 Å². The van der Waals surface area contributed by atoms with Crippen LogP contribution in [0.2, 0.25) is 0 Å². The van der Waals surface area contributed by atoms with Crippen molar-refractivity contribution in [3.63, 3.8) is 0 Å². The number of hydrogen-bond donors (Lipinski definition) is 2. The third-order valence-corrected chi connectivity index (χ3v) is 7.32. The topological polar surface area (TPSA) is 149 Å². The normalized spacial score (nSPS) is 12.4. The number of carbonyl (C=O) groups excluding carboxylic acids is 1. The van der Waals surface area contributed by atoms with Gasteiger partial charge < -0.3 is 24.1 Å². The van der Waals surface area contributed by atoms with Crippen molar-refractivity contribution in [1.82, 2.24) is 4.90 Å². The molecule has 0 aliphatic rings. The van der Waals surface area contributed by atoms with Crippen LogP contribution in [0.25, 0.3) is 0 Å². The second-order valence-electron chi connectivity index (χ2n) is 8.94. The lowest BCUT2D eigenvalue weighted by atomic mass is 9.87. The van der Waals surface area contributed by atoms with Crippen molar-refractivity contribution in [2.45, 2.75) is 23.8 Å². The maximum Gasteiger partial charge on any atom is 0.338 e. The Morgan fingerprint density at radius 1 is 0.854 bits per heavy atom. The number of carboxylic acids is 1. The summed E-state index contributed by atoms with van der Waals surface area (Å²) in [6, 6.07) is 17.7. The molecule has 0 bridgehead atoms. The van der Waals surface area contributed by atoms with Gasteiger partial charge in [-0.15, -0.1) is 0 Å². The van der Waals surface area contributed by atoms with Gasteiger partial charge >= 0.3 is 11.9 Å². The van der Waals surface area contributed by atoms with Gasteiger partial charge in [-0.3, -0.25) is 9.45 Å². The quantitative estimate of drug-likeness (QED) is 0.243. The van der Waals surface area contributed by atoms with Crippen LogP contribution in [0.3, 0.4) is 0 Å². The first-order valence-corrected chi connectivity index (χ1v) is 13.8. The summed E-state index contributed by atoms with van der Waals surface area (Å²) in [5, 5.41) is 8.50. The molecule has 41 heavy (non-hydrogen) atoms. The van der Waals surface area contributed by atoms with Gasteiger partial charge in [0.2, 0.25) is 5.75 Å². The highest BCUT2D eigenvalue weighted by Gasteiger charge is 2.35. The van der Waals surface area contributed by atoms with Crippen molar-refractivity contribution in [2.75, 3.05) is 42.0 Å². The second kappa shape index (κ2) is 14.5. The monoisotopic (exact) mass is 589 g/mol. The Kier molecular flexibility index (Phi) is 11.7. The van der Waals surface area contributed by atoms with Crippen LogP contribution in [0.15, 0.2) is 71.6 Å². The number of esters is 1. The molecule has 0 aliphatic carbocycles. The minimum atomic E-state index is -4.32. The molecule has 0 radical (unpaired) electrons. The number of aromatic carboxylic acids is 1. The molecule has 0 spiro atoms. The molecule has 3 aromatic rings. The predicted molar refractivity (Wildman–Crippen MR) is 152 cm³/mol. The highest BCUT2D eigenvalue weighted by atomic mass is 32.2. The van der Waals surface area contributed by atoms with E-state index in [1.54, 1.807) is 12.1 Å². The Morgan fingerprint density at radius 3 is 1.88 bits per heavy atom. The van der Waals surface area contributed by atoms with Crippen LogP contribution >= 0.6 is 0 Å². The van der Waals surface area contributed by atoms with E-state index in [4.69, 9.17) is 28.6 Å². The molecule has 1 atom stereocenters. The Morgan fingerprint density at radius 2 is 1.44 bits per heavy atom. The molecule has 0 aliphatic heterocycles. The summed E-state index contributed by atoms with van der Waals surface area (Å²) in [5.74, 6) is -0.445. The number of rotatable bonds is 11. The zero-order valence-electron chi connectivity index (χ0n) is 23.8. The Balaban J connectivity index is 0.000000377.